The summed E-state index contributed by atoms with van der Waals surface area (Å²) >= 11 is 0. The molecule has 1 aromatic heterocycles. The van der Waals surface area contributed by atoms with Crippen molar-refractivity contribution in [2.45, 2.75) is 46.0 Å². The standard InChI is InChI=1S/C12H22N4O/c1-5-6-7-8-16(4)12(17)11-13-10(9(2)3)14-15-11/h9H,5-8H2,1-4H3,(H,13,14,15). The van der Waals surface area contributed by atoms with Crippen LogP contribution in [0, 0.1) is 0 Å². The summed E-state index contributed by atoms with van der Waals surface area (Å²) in [6.07, 6.45) is 3.32. The lowest BCUT2D eigenvalue weighted by molar-refractivity contribution is 0.0781. The van der Waals surface area contributed by atoms with Gasteiger partial charge < -0.3 is 4.90 Å². The lowest BCUT2D eigenvalue weighted by Crippen LogP contribution is -2.28. The SMILES string of the molecule is CCCCCN(C)C(=O)c1n[nH]c(C(C)C)n1. The third kappa shape index (κ3) is 3.84. The summed E-state index contributed by atoms with van der Waals surface area (Å²) in [5.41, 5.74) is 0. The van der Waals surface area contributed by atoms with E-state index in [1.54, 1.807) is 11.9 Å². The Bertz CT molecular complexity index is 359. The molecule has 1 amide bonds. The molecular formula is C12H22N4O. The molecule has 0 aliphatic heterocycles. The summed E-state index contributed by atoms with van der Waals surface area (Å²) in [5.74, 6) is 1.18. The number of aromatic amines is 1. The summed E-state index contributed by atoms with van der Waals surface area (Å²) in [6.45, 7) is 6.93. The molecule has 5 heteroatoms. The maximum Gasteiger partial charge on any atom is 0.293 e. The molecule has 96 valence electrons. The molecular weight excluding hydrogens is 216 g/mol. The summed E-state index contributed by atoms with van der Waals surface area (Å²) < 4.78 is 0. The highest BCUT2D eigenvalue weighted by Gasteiger charge is 2.17. The van der Waals surface area contributed by atoms with Gasteiger partial charge in [0.05, 0.1) is 0 Å². The van der Waals surface area contributed by atoms with Gasteiger partial charge in [0.15, 0.2) is 0 Å². The Balaban J connectivity index is 2.55. The van der Waals surface area contributed by atoms with Gasteiger partial charge in [-0.25, -0.2) is 4.98 Å². The first kappa shape index (κ1) is 13.7. The molecule has 0 aromatic carbocycles. The van der Waals surface area contributed by atoms with Crippen molar-refractivity contribution in [2.75, 3.05) is 13.6 Å². The minimum Gasteiger partial charge on any atom is -0.339 e. The van der Waals surface area contributed by atoms with Gasteiger partial charge in [-0.1, -0.05) is 33.6 Å². The summed E-state index contributed by atoms with van der Waals surface area (Å²) in [7, 11) is 1.80. The minimum atomic E-state index is -0.107. The summed E-state index contributed by atoms with van der Waals surface area (Å²) in [4.78, 5) is 17.8. The number of nitrogens with zero attached hydrogens (tertiary/aromatic N) is 3. The first-order chi connectivity index (χ1) is 8.06. The topological polar surface area (TPSA) is 61.9 Å². The van der Waals surface area contributed by atoms with Crippen LogP contribution in [0.2, 0.25) is 0 Å². The van der Waals surface area contributed by atoms with E-state index in [2.05, 4.69) is 22.1 Å². The number of aromatic nitrogens is 3. The Labute approximate surface area is 103 Å². The van der Waals surface area contributed by atoms with Crippen LogP contribution in [0.5, 0.6) is 0 Å². The normalized spacial score (nSPS) is 10.9. The monoisotopic (exact) mass is 238 g/mol. The number of amides is 1. The van der Waals surface area contributed by atoms with E-state index in [-0.39, 0.29) is 17.6 Å². The van der Waals surface area contributed by atoms with Gasteiger partial charge in [-0.15, -0.1) is 5.10 Å². The third-order valence-corrected chi connectivity index (χ3v) is 2.68. The van der Waals surface area contributed by atoms with Crippen molar-refractivity contribution in [2.24, 2.45) is 0 Å². The van der Waals surface area contributed by atoms with Gasteiger partial charge >= 0.3 is 0 Å². The van der Waals surface area contributed by atoms with E-state index in [1.165, 1.54) is 0 Å². The van der Waals surface area contributed by atoms with Crippen molar-refractivity contribution < 1.29 is 4.79 Å². The molecule has 0 radical (unpaired) electrons. The largest absolute Gasteiger partial charge is 0.339 e. The molecule has 0 saturated carbocycles. The molecule has 0 aliphatic rings. The van der Waals surface area contributed by atoms with Gasteiger partial charge in [0.1, 0.15) is 5.82 Å². The first-order valence-electron chi connectivity index (χ1n) is 6.24. The second-order valence-corrected chi connectivity index (χ2v) is 4.63. The maximum absolute atomic E-state index is 12.0. The van der Waals surface area contributed by atoms with Crippen molar-refractivity contribution in [1.82, 2.24) is 20.1 Å². The van der Waals surface area contributed by atoms with Crippen molar-refractivity contribution >= 4 is 5.91 Å². The zero-order chi connectivity index (χ0) is 12.8. The van der Waals surface area contributed by atoms with Crippen LogP contribution in [0.3, 0.4) is 0 Å². The fourth-order valence-electron chi connectivity index (χ4n) is 1.50. The predicted octanol–water partition coefficient (Wildman–Crippen LogP) is 2.19. The van der Waals surface area contributed by atoms with Gasteiger partial charge in [0.2, 0.25) is 5.82 Å². The van der Waals surface area contributed by atoms with Crippen LogP contribution in [0.25, 0.3) is 0 Å². The number of hydrogen-bond donors (Lipinski definition) is 1. The Morgan fingerprint density at radius 1 is 1.41 bits per heavy atom. The molecule has 5 nitrogen and oxygen atoms in total. The second kappa shape index (κ2) is 6.37. The first-order valence-corrected chi connectivity index (χ1v) is 6.24. The van der Waals surface area contributed by atoms with Crippen molar-refractivity contribution in [3.8, 4) is 0 Å². The smallest absolute Gasteiger partial charge is 0.293 e. The quantitative estimate of drug-likeness (QED) is 0.773. The summed E-state index contributed by atoms with van der Waals surface area (Å²) in [5, 5.41) is 6.76. The van der Waals surface area contributed by atoms with Crippen LogP contribution in [0.1, 0.15) is 62.4 Å². The van der Waals surface area contributed by atoms with Gasteiger partial charge in [0, 0.05) is 19.5 Å². The Kier molecular flexibility index (Phi) is 5.12. The van der Waals surface area contributed by atoms with Crippen LogP contribution in [0.4, 0.5) is 0 Å². The molecule has 1 N–H and O–H groups in total. The van der Waals surface area contributed by atoms with E-state index in [1.807, 2.05) is 13.8 Å². The molecule has 0 unspecified atom stereocenters. The Hall–Kier alpha value is -1.39. The number of carbonyl (C=O) groups is 1. The van der Waals surface area contributed by atoms with E-state index >= 15 is 0 Å². The molecule has 1 aromatic rings. The molecule has 0 fully saturated rings. The van der Waals surface area contributed by atoms with E-state index < -0.39 is 0 Å². The molecule has 1 rings (SSSR count). The van der Waals surface area contributed by atoms with Crippen LogP contribution in [0.15, 0.2) is 0 Å². The van der Waals surface area contributed by atoms with Crippen molar-refractivity contribution in [3.63, 3.8) is 0 Å². The number of rotatable bonds is 6. The van der Waals surface area contributed by atoms with Gasteiger partial charge in [0.25, 0.3) is 5.91 Å². The van der Waals surface area contributed by atoms with E-state index in [0.29, 0.717) is 0 Å². The Morgan fingerprint density at radius 2 is 2.12 bits per heavy atom. The molecule has 1 heterocycles. The Morgan fingerprint density at radius 3 is 2.65 bits per heavy atom. The third-order valence-electron chi connectivity index (χ3n) is 2.68. The van der Waals surface area contributed by atoms with Crippen LogP contribution in [-0.4, -0.2) is 39.6 Å². The van der Waals surface area contributed by atoms with E-state index in [9.17, 15) is 4.79 Å². The molecule has 0 spiro atoms. The molecule has 0 aliphatic carbocycles. The fourth-order valence-corrected chi connectivity index (χ4v) is 1.50. The molecule has 0 atom stereocenters. The van der Waals surface area contributed by atoms with E-state index in [0.717, 1.165) is 31.6 Å². The molecule has 17 heavy (non-hydrogen) atoms. The van der Waals surface area contributed by atoms with Crippen LogP contribution in [-0.2, 0) is 0 Å². The molecule has 0 saturated heterocycles. The zero-order valence-corrected chi connectivity index (χ0v) is 11.2. The van der Waals surface area contributed by atoms with Crippen molar-refractivity contribution in [1.29, 1.82) is 0 Å². The lowest BCUT2D eigenvalue weighted by atomic mass is 10.2. The average molecular weight is 238 g/mol. The van der Waals surface area contributed by atoms with Gasteiger partial charge in [-0.3, -0.25) is 9.89 Å². The van der Waals surface area contributed by atoms with Gasteiger partial charge in [-0.2, -0.15) is 0 Å². The lowest BCUT2D eigenvalue weighted by Gasteiger charge is -2.14. The number of hydrogen-bond acceptors (Lipinski definition) is 3. The van der Waals surface area contributed by atoms with E-state index in [4.69, 9.17) is 0 Å². The number of nitrogens with one attached hydrogen (secondary N) is 1. The highest BCUT2D eigenvalue weighted by atomic mass is 16.2. The van der Waals surface area contributed by atoms with Gasteiger partial charge in [-0.05, 0) is 6.42 Å². The number of H-pyrrole nitrogens is 1. The van der Waals surface area contributed by atoms with Crippen LogP contribution >= 0.6 is 0 Å². The zero-order valence-electron chi connectivity index (χ0n) is 11.2. The highest BCUT2D eigenvalue weighted by Crippen LogP contribution is 2.08. The second-order valence-electron chi connectivity index (χ2n) is 4.63. The molecule has 0 bridgehead atoms. The number of unbranched alkanes of at least 4 members (excludes halogenated alkanes) is 2. The number of carbonyl (C=O) groups excluding carboxylic acids is 1. The summed E-state index contributed by atoms with van der Waals surface area (Å²) in [6, 6.07) is 0. The van der Waals surface area contributed by atoms with Crippen molar-refractivity contribution in [3.05, 3.63) is 11.6 Å². The maximum atomic E-state index is 12.0. The minimum absolute atomic E-state index is 0.107. The fraction of sp³-hybridized carbons (Fsp3) is 0.750. The van der Waals surface area contributed by atoms with Crippen LogP contribution < -0.4 is 0 Å². The highest BCUT2D eigenvalue weighted by molar-refractivity contribution is 5.90. The predicted molar refractivity (Wildman–Crippen MR) is 67.0 cm³/mol. The average Bonchev–Trinajstić information content (AvgIpc) is 2.77.